The van der Waals surface area contributed by atoms with Gasteiger partial charge in [-0.25, -0.2) is 9.18 Å². The van der Waals surface area contributed by atoms with Crippen molar-refractivity contribution < 1.29 is 19.0 Å². The number of aromatic hydroxyl groups is 1. The lowest BCUT2D eigenvalue weighted by molar-refractivity contribution is 0.0728. The smallest absolute Gasteiger partial charge is 0.343 e. The Hall–Kier alpha value is -3.14. The lowest BCUT2D eigenvalue weighted by atomic mass is 9.99. The summed E-state index contributed by atoms with van der Waals surface area (Å²) >= 11 is 0. The van der Waals surface area contributed by atoms with Gasteiger partial charge in [0.1, 0.15) is 5.75 Å². The number of hydrogen-bond donors (Lipinski definition) is 1. The van der Waals surface area contributed by atoms with Crippen molar-refractivity contribution in [2.75, 3.05) is 0 Å². The largest absolute Gasteiger partial charge is 0.507 e. The molecule has 0 saturated carbocycles. The van der Waals surface area contributed by atoms with Gasteiger partial charge in [0, 0.05) is 0 Å². The number of phenolic OH excluding ortho intramolecular Hbond substituents is 1. The van der Waals surface area contributed by atoms with Crippen LogP contribution in [0.25, 0.3) is 0 Å². The maximum Gasteiger partial charge on any atom is 0.343 e. The number of para-hydroxylation sites is 1. The Bertz CT molecular complexity index is 939. The van der Waals surface area contributed by atoms with E-state index in [-0.39, 0.29) is 5.75 Å². The van der Waals surface area contributed by atoms with Gasteiger partial charge < -0.3 is 9.84 Å². The van der Waals surface area contributed by atoms with Crippen LogP contribution in [-0.4, -0.2) is 11.1 Å². The van der Waals surface area contributed by atoms with Gasteiger partial charge in [-0.3, -0.25) is 0 Å². The summed E-state index contributed by atoms with van der Waals surface area (Å²) in [4.78, 5) is 12.2. The third kappa shape index (κ3) is 4.53. The maximum atomic E-state index is 13.6. The van der Waals surface area contributed by atoms with Gasteiger partial charge in [0.15, 0.2) is 11.6 Å². The van der Waals surface area contributed by atoms with Crippen LogP contribution in [0.5, 0.6) is 11.5 Å². The fourth-order valence-corrected chi connectivity index (χ4v) is 2.97. The van der Waals surface area contributed by atoms with E-state index in [1.807, 2.05) is 38.1 Å². The van der Waals surface area contributed by atoms with Crippen LogP contribution >= 0.6 is 0 Å². The van der Waals surface area contributed by atoms with Gasteiger partial charge in [-0.1, -0.05) is 36.4 Å². The van der Waals surface area contributed by atoms with Gasteiger partial charge in [0.25, 0.3) is 0 Å². The molecule has 3 rings (SSSR count). The Morgan fingerprint density at radius 1 is 0.926 bits per heavy atom. The zero-order valence-corrected chi connectivity index (χ0v) is 15.3. The highest BCUT2D eigenvalue weighted by Crippen LogP contribution is 2.24. The van der Waals surface area contributed by atoms with Gasteiger partial charge in [-0.2, -0.15) is 0 Å². The molecule has 0 saturated heterocycles. The van der Waals surface area contributed by atoms with Crippen LogP contribution in [0.3, 0.4) is 0 Å². The molecule has 0 aromatic heterocycles. The van der Waals surface area contributed by atoms with Crippen molar-refractivity contribution in [2.24, 2.45) is 0 Å². The van der Waals surface area contributed by atoms with Crippen LogP contribution in [0.1, 0.15) is 32.6 Å². The van der Waals surface area contributed by atoms with E-state index in [0.29, 0.717) is 11.3 Å². The average Bonchev–Trinajstić information content (AvgIpc) is 2.66. The molecule has 3 nitrogen and oxygen atoms in total. The quantitative estimate of drug-likeness (QED) is 0.503. The second-order valence-electron chi connectivity index (χ2n) is 6.60. The maximum absolute atomic E-state index is 13.6. The van der Waals surface area contributed by atoms with E-state index in [1.54, 1.807) is 24.3 Å². The van der Waals surface area contributed by atoms with E-state index in [2.05, 4.69) is 0 Å². The highest BCUT2D eigenvalue weighted by atomic mass is 19.1. The molecule has 3 aromatic rings. The second kappa shape index (κ2) is 8.04. The molecule has 1 N–H and O–H groups in total. The van der Waals surface area contributed by atoms with Crippen LogP contribution in [0.15, 0.2) is 60.7 Å². The summed E-state index contributed by atoms with van der Waals surface area (Å²) in [7, 11) is 0. The third-order valence-corrected chi connectivity index (χ3v) is 4.48. The number of phenols is 1. The molecule has 0 unspecified atom stereocenters. The molecule has 0 aliphatic heterocycles. The summed E-state index contributed by atoms with van der Waals surface area (Å²) < 4.78 is 18.7. The Morgan fingerprint density at radius 2 is 1.52 bits per heavy atom. The molecule has 138 valence electrons. The molecule has 0 atom stereocenters. The van der Waals surface area contributed by atoms with E-state index in [0.717, 1.165) is 35.1 Å². The lowest BCUT2D eigenvalue weighted by Gasteiger charge is -2.09. The van der Waals surface area contributed by atoms with Crippen LogP contribution in [-0.2, 0) is 12.8 Å². The zero-order valence-electron chi connectivity index (χ0n) is 15.3. The number of benzene rings is 3. The van der Waals surface area contributed by atoms with Crippen molar-refractivity contribution in [3.63, 3.8) is 0 Å². The normalized spacial score (nSPS) is 10.6. The molecule has 0 bridgehead atoms. The van der Waals surface area contributed by atoms with Crippen LogP contribution in [0.2, 0.25) is 0 Å². The first-order valence-corrected chi connectivity index (χ1v) is 8.79. The van der Waals surface area contributed by atoms with E-state index in [1.165, 1.54) is 12.1 Å². The monoisotopic (exact) mass is 364 g/mol. The minimum atomic E-state index is -0.587. The Balaban J connectivity index is 1.63. The number of halogens is 1. The van der Waals surface area contributed by atoms with E-state index in [4.69, 9.17) is 4.74 Å². The SMILES string of the molecule is Cc1cc(CCc2ccc(C(=O)Oc3ccccc3F)cc2)cc(C)c1O. The van der Waals surface area contributed by atoms with E-state index >= 15 is 0 Å². The topological polar surface area (TPSA) is 46.5 Å². The Kier molecular flexibility index (Phi) is 5.55. The van der Waals surface area contributed by atoms with Crippen LogP contribution < -0.4 is 4.74 Å². The summed E-state index contributed by atoms with van der Waals surface area (Å²) in [6, 6.07) is 16.9. The first kappa shape index (κ1) is 18.6. The second-order valence-corrected chi connectivity index (χ2v) is 6.60. The number of rotatable bonds is 5. The number of carbonyl (C=O) groups is 1. The highest BCUT2D eigenvalue weighted by Gasteiger charge is 2.11. The van der Waals surface area contributed by atoms with Crippen molar-refractivity contribution in [1.29, 1.82) is 0 Å². The predicted molar refractivity (Wildman–Crippen MR) is 103 cm³/mol. The minimum Gasteiger partial charge on any atom is -0.507 e. The number of esters is 1. The molecular formula is C23H21FO3. The van der Waals surface area contributed by atoms with E-state index < -0.39 is 11.8 Å². The molecule has 3 aromatic carbocycles. The predicted octanol–water partition coefficient (Wildman–Crippen LogP) is 5.15. The molecule has 0 aliphatic carbocycles. The van der Waals surface area contributed by atoms with Crippen molar-refractivity contribution in [3.05, 3.63) is 94.3 Å². The molecule has 0 spiro atoms. The third-order valence-electron chi connectivity index (χ3n) is 4.48. The number of hydrogen-bond acceptors (Lipinski definition) is 3. The van der Waals surface area contributed by atoms with Gasteiger partial charge in [0.2, 0.25) is 0 Å². The number of carbonyl (C=O) groups excluding carboxylic acids is 1. The van der Waals surface area contributed by atoms with Crippen molar-refractivity contribution in [1.82, 2.24) is 0 Å². The Morgan fingerprint density at radius 3 is 2.15 bits per heavy atom. The summed E-state index contributed by atoms with van der Waals surface area (Å²) in [6.07, 6.45) is 1.65. The molecule has 27 heavy (non-hydrogen) atoms. The number of ether oxygens (including phenoxy) is 1. The average molecular weight is 364 g/mol. The van der Waals surface area contributed by atoms with Crippen LogP contribution in [0.4, 0.5) is 4.39 Å². The molecule has 0 radical (unpaired) electrons. The van der Waals surface area contributed by atoms with Crippen molar-refractivity contribution in [3.8, 4) is 11.5 Å². The molecule has 0 aliphatic rings. The molecule has 4 heteroatoms. The summed E-state index contributed by atoms with van der Waals surface area (Å²) in [5, 5.41) is 9.85. The van der Waals surface area contributed by atoms with Gasteiger partial charge in [-0.05, 0) is 73.2 Å². The van der Waals surface area contributed by atoms with Crippen LogP contribution in [0, 0.1) is 19.7 Å². The minimum absolute atomic E-state index is 0.0790. The molecule has 0 fully saturated rings. The van der Waals surface area contributed by atoms with Crippen molar-refractivity contribution >= 4 is 5.97 Å². The standard InChI is InChI=1S/C23H21FO3/c1-15-13-18(14-16(2)22(15)25)8-7-17-9-11-19(12-10-17)23(26)27-21-6-4-3-5-20(21)24/h3-6,9-14,25H,7-8H2,1-2H3. The lowest BCUT2D eigenvalue weighted by Crippen LogP contribution is -2.09. The molecular weight excluding hydrogens is 343 g/mol. The van der Waals surface area contributed by atoms with E-state index in [9.17, 15) is 14.3 Å². The Labute approximate surface area is 158 Å². The van der Waals surface area contributed by atoms with Gasteiger partial charge >= 0.3 is 5.97 Å². The number of aryl methyl sites for hydroxylation is 4. The molecule has 0 amide bonds. The fraction of sp³-hybridized carbons (Fsp3) is 0.174. The summed E-state index contributed by atoms with van der Waals surface area (Å²) in [5.41, 5.74) is 4.36. The summed E-state index contributed by atoms with van der Waals surface area (Å²) in [5.74, 6) is -0.889. The zero-order chi connectivity index (χ0) is 19.4. The van der Waals surface area contributed by atoms with Crippen molar-refractivity contribution in [2.45, 2.75) is 26.7 Å². The first-order valence-electron chi connectivity index (χ1n) is 8.79. The highest BCUT2D eigenvalue weighted by molar-refractivity contribution is 5.91. The molecule has 0 heterocycles. The van der Waals surface area contributed by atoms with Gasteiger partial charge in [0.05, 0.1) is 5.56 Å². The summed E-state index contributed by atoms with van der Waals surface area (Å²) in [6.45, 7) is 3.78. The first-order chi connectivity index (χ1) is 12.9. The fourth-order valence-electron chi connectivity index (χ4n) is 2.97. The van der Waals surface area contributed by atoms with Gasteiger partial charge in [-0.15, -0.1) is 0 Å².